The molecule has 5 rings (SSSR count). The summed E-state index contributed by atoms with van der Waals surface area (Å²) in [6.07, 6.45) is 3.48. The predicted octanol–water partition coefficient (Wildman–Crippen LogP) is 3.79. The number of anilines is 1. The van der Waals surface area contributed by atoms with Crippen molar-refractivity contribution in [1.29, 1.82) is 0 Å². The number of para-hydroxylation sites is 2. The summed E-state index contributed by atoms with van der Waals surface area (Å²) in [7, 11) is 0. The lowest BCUT2D eigenvalue weighted by molar-refractivity contribution is -0.135. The monoisotopic (exact) mass is 532 g/mol. The molecule has 3 heterocycles. The summed E-state index contributed by atoms with van der Waals surface area (Å²) in [6.45, 7) is 5.75. The molecule has 3 aromatic rings. The molecule has 2 aliphatic rings. The van der Waals surface area contributed by atoms with Gasteiger partial charge in [0.05, 0.1) is 18.1 Å². The molecule has 196 valence electrons. The third-order valence-electron chi connectivity index (χ3n) is 6.70. The lowest BCUT2D eigenvalue weighted by Gasteiger charge is -2.27. The van der Waals surface area contributed by atoms with Crippen molar-refractivity contribution < 1.29 is 23.9 Å². The highest BCUT2D eigenvalue weighted by Gasteiger charge is 2.36. The Labute approximate surface area is 224 Å². The second kappa shape index (κ2) is 10.8. The number of thioether (sulfide) groups is 1. The van der Waals surface area contributed by atoms with E-state index in [0.29, 0.717) is 32.0 Å². The molecule has 0 bridgehead atoms. The van der Waals surface area contributed by atoms with Crippen molar-refractivity contribution in [2.75, 3.05) is 38.2 Å². The topological polar surface area (TPSA) is 101 Å². The Kier molecular flexibility index (Phi) is 7.35. The highest BCUT2D eigenvalue weighted by Crippen LogP contribution is 2.34. The van der Waals surface area contributed by atoms with Crippen molar-refractivity contribution in [3.8, 4) is 0 Å². The van der Waals surface area contributed by atoms with Crippen LogP contribution in [0.3, 0.4) is 0 Å². The highest BCUT2D eigenvalue weighted by atomic mass is 32.2. The molecule has 2 aliphatic heterocycles. The minimum atomic E-state index is -0.516. The average molecular weight is 533 g/mol. The fraction of sp³-hybridized carbons (Fsp3) is 0.286. The SMILES string of the molecule is Cc1cccc(C)c1NC(=O)CN1C(=O)S/C(=C\c2cn(CC(=O)N3CCOCC3)c3ccccc23)C1=O. The lowest BCUT2D eigenvalue weighted by atomic mass is 10.1. The zero-order valence-electron chi connectivity index (χ0n) is 21.2. The first kappa shape index (κ1) is 25.7. The lowest BCUT2D eigenvalue weighted by Crippen LogP contribution is -2.42. The standard InChI is InChI=1S/C28H28N4O5S/c1-18-6-5-7-19(2)26(18)29-24(33)16-32-27(35)23(38-28(32)36)14-20-15-31(22-9-4-3-8-21(20)22)17-25(34)30-10-12-37-13-11-30/h3-9,14-15H,10-13,16-17H2,1-2H3,(H,29,33)/b23-14-. The van der Waals surface area contributed by atoms with E-state index >= 15 is 0 Å². The van der Waals surface area contributed by atoms with E-state index in [1.807, 2.05) is 67.1 Å². The van der Waals surface area contributed by atoms with Gasteiger partial charge in [0.25, 0.3) is 11.1 Å². The summed E-state index contributed by atoms with van der Waals surface area (Å²) in [6, 6.07) is 13.3. The minimum Gasteiger partial charge on any atom is -0.378 e. The molecular weight excluding hydrogens is 504 g/mol. The summed E-state index contributed by atoms with van der Waals surface area (Å²) in [5.41, 5.74) is 4.06. The van der Waals surface area contributed by atoms with Crippen LogP contribution >= 0.6 is 11.8 Å². The van der Waals surface area contributed by atoms with Gasteiger partial charge in [-0.2, -0.15) is 0 Å². The Bertz CT molecular complexity index is 1450. The van der Waals surface area contributed by atoms with E-state index in [0.717, 1.165) is 44.3 Å². The van der Waals surface area contributed by atoms with Gasteiger partial charge in [-0.1, -0.05) is 36.4 Å². The second-order valence-electron chi connectivity index (χ2n) is 9.31. The third-order valence-corrected chi connectivity index (χ3v) is 7.60. The molecule has 10 heteroatoms. The largest absolute Gasteiger partial charge is 0.378 e. The van der Waals surface area contributed by atoms with E-state index in [1.54, 1.807) is 11.0 Å². The van der Waals surface area contributed by atoms with Gasteiger partial charge < -0.3 is 19.5 Å². The summed E-state index contributed by atoms with van der Waals surface area (Å²) in [4.78, 5) is 54.4. The van der Waals surface area contributed by atoms with E-state index in [-0.39, 0.29) is 23.9 Å². The summed E-state index contributed by atoms with van der Waals surface area (Å²) in [5.74, 6) is -0.960. The quantitative estimate of drug-likeness (QED) is 0.485. The molecule has 2 fully saturated rings. The van der Waals surface area contributed by atoms with Gasteiger partial charge in [-0.15, -0.1) is 0 Å². The Morgan fingerprint density at radius 3 is 2.45 bits per heavy atom. The second-order valence-corrected chi connectivity index (χ2v) is 10.3. The molecular formula is C28H28N4O5S. The van der Waals surface area contributed by atoms with E-state index in [9.17, 15) is 19.2 Å². The Morgan fingerprint density at radius 2 is 1.71 bits per heavy atom. The number of fused-ring (bicyclic) bond motifs is 1. The first-order valence-electron chi connectivity index (χ1n) is 12.4. The molecule has 38 heavy (non-hydrogen) atoms. The average Bonchev–Trinajstić information content (AvgIpc) is 3.38. The molecule has 2 saturated heterocycles. The van der Waals surface area contributed by atoms with E-state index in [1.165, 1.54) is 0 Å². The smallest absolute Gasteiger partial charge is 0.294 e. The number of rotatable bonds is 6. The maximum Gasteiger partial charge on any atom is 0.294 e. The van der Waals surface area contributed by atoms with Gasteiger partial charge in [-0.3, -0.25) is 24.1 Å². The third kappa shape index (κ3) is 5.23. The molecule has 0 aliphatic carbocycles. The van der Waals surface area contributed by atoms with Crippen LogP contribution in [0.4, 0.5) is 10.5 Å². The molecule has 0 radical (unpaired) electrons. The van der Waals surface area contributed by atoms with Crippen molar-refractivity contribution in [2.24, 2.45) is 0 Å². The highest BCUT2D eigenvalue weighted by molar-refractivity contribution is 8.18. The van der Waals surface area contributed by atoms with Gasteiger partial charge in [-0.05, 0) is 48.9 Å². The van der Waals surface area contributed by atoms with E-state index in [4.69, 9.17) is 4.74 Å². The molecule has 4 amide bonds. The molecule has 0 saturated carbocycles. The summed E-state index contributed by atoms with van der Waals surface area (Å²) < 4.78 is 7.20. The number of hydrogen-bond donors (Lipinski definition) is 1. The Morgan fingerprint density at radius 1 is 1.00 bits per heavy atom. The van der Waals surface area contributed by atoms with Gasteiger partial charge in [-0.25, -0.2) is 0 Å². The van der Waals surface area contributed by atoms with Crippen LogP contribution < -0.4 is 5.32 Å². The zero-order chi connectivity index (χ0) is 26.8. The molecule has 0 spiro atoms. The number of aryl methyl sites for hydroxylation is 2. The number of carbonyl (C=O) groups excluding carboxylic acids is 4. The first-order chi connectivity index (χ1) is 18.3. The van der Waals surface area contributed by atoms with Crippen LogP contribution in [-0.4, -0.2) is 70.2 Å². The van der Waals surface area contributed by atoms with Crippen molar-refractivity contribution in [2.45, 2.75) is 20.4 Å². The number of nitrogens with zero attached hydrogens (tertiary/aromatic N) is 3. The first-order valence-corrected chi connectivity index (χ1v) is 13.2. The fourth-order valence-corrected chi connectivity index (χ4v) is 5.52. The Hall–Kier alpha value is -3.89. The summed E-state index contributed by atoms with van der Waals surface area (Å²) in [5, 5.41) is 3.19. The molecule has 2 aromatic carbocycles. The van der Waals surface area contributed by atoms with Crippen LogP contribution in [-0.2, 0) is 25.7 Å². The normalized spacial score (nSPS) is 17.1. The Balaban J connectivity index is 1.34. The number of imide groups is 1. The number of amides is 4. The van der Waals surface area contributed by atoms with Crippen LogP contribution in [0, 0.1) is 13.8 Å². The molecule has 9 nitrogen and oxygen atoms in total. The van der Waals surface area contributed by atoms with Crippen LogP contribution in [0.5, 0.6) is 0 Å². The number of benzene rings is 2. The number of carbonyl (C=O) groups is 4. The number of morpholine rings is 1. The number of nitrogens with one attached hydrogen (secondary N) is 1. The molecule has 0 unspecified atom stereocenters. The maximum atomic E-state index is 13.1. The number of aromatic nitrogens is 1. The maximum absolute atomic E-state index is 13.1. The zero-order valence-corrected chi connectivity index (χ0v) is 22.0. The van der Waals surface area contributed by atoms with Crippen LogP contribution in [0.25, 0.3) is 17.0 Å². The minimum absolute atomic E-state index is 0.00386. The van der Waals surface area contributed by atoms with E-state index in [2.05, 4.69) is 5.32 Å². The molecule has 0 atom stereocenters. The number of hydrogen-bond acceptors (Lipinski definition) is 6. The molecule has 1 aromatic heterocycles. The van der Waals surface area contributed by atoms with Gasteiger partial charge in [0.15, 0.2) is 0 Å². The number of ether oxygens (including phenoxy) is 1. The van der Waals surface area contributed by atoms with Gasteiger partial charge in [0.2, 0.25) is 11.8 Å². The fourth-order valence-electron chi connectivity index (χ4n) is 4.69. The van der Waals surface area contributed by atoms with Crippen LogP contribution in [0.2, 0.25) is 0 Å². The van der Waals surface area contributed by atoms with Crippen LogP contribution in [0.1, 0.15) is 16.7 Å². The van der Waals surface area contributed by atoms with Crippen molar-refractivity contribution in [1.82, 2.24) is 14.4 Å². The van der Waals surface area contributed by atoms with Crippen molar-refractivity contribution in [3.05, 3.63) is 70.3 Å². The van der Waals surface area contributed by atoms with Gasteiger partial charge in [0, 0.05) is 41.4 Å². The molecule has 1 N–H and O–H groups in total. The van der Waals surface area contributed by atoms with Crippen molar-refractivity contribution in [3.63, 3.8) is 0 Å². The van der Waals surface area contributed by atoms with Gasteiger partial charge >= 0.3 is 0 Å². The predicted molar refractivity (Wildman–Crippen MR) is 147 cm³/mol. The summed E-state index contributed by atoms with van der Waals surface area (Å²) >= 11 is 0.806. The van der Waals surface area contributed by atoms with E-state index < -0.39 is 17.1 Å². The van der Waals surface area contributed by atoms with Crippen LogP contribution in [0.15, 0.2) is 53.6 Å². The van der Waals surface area contributed by atoms with Gasteiger partial charge in [0.1, 0.15) is 13.1 Å². The van der Waals surface area contributed by atoms with Crippen molar-refractivity contribution >= 4 is 57.4 Å².